The van der Waals surface area contributed by atoms with Gasteiger partial charge in [-0.25, -0.2) is 0 Å². The molecule has 2 rings (SSSR count). The van der Waals surface area contributed by atoms with Crippen molar-refractivity contribution in [3.63, 3.8) is 0 Å². The number of hydrogen-bond donors (Lipinski definition) is 1. The highest BCUT2D eigenvalue weighted by molar-refractivity contribution is 5.23. The van der Waals surface area contributed by atoms with Gasteiger partial charge in [-0.2, -0.15) is 0 Å². The second-order valence-electron chi connectivity index (χ2n) is 5.95. The van der Waals surface area contributed by atoms with Gasteiger partial charge in [0.25, 0.3) is 0 Å². The topological polar surface area (TPSA) is 15.3 Å². The van der Waals surface area contributed by atoms with Crippen LogP contribution in [0, 0.1) is 0 Å². The Hall–Kier alpha value is -0.860. The molecule has 1 heterocycles. The van der Waals surface area contributed by atoms with E-state index >= 15 is 0 Å². The van der Waals surface area contributed by atoms with Crippen LogP contribution in [0.1, 0.15) is 39.7 Å². The first-order valence-electron chi connectivity index (χ1n) is 7.11. The zero-order valence-corrected chi connectivity index (χ0v) is 12.1. The van der Waals surface area contributed by atoms with E-state index in [2.05, 4.69) is 68.2 Å². The van der Waals surface area contributed by atoms with Crippen molar-refractivity contribution in [2.45, 2.75) is 51.7 Å². The Balaban J connectivity index is 2.26. The standard InChI is InChI=1S/C16H26N2/c1-5-15-11-17-13(2)12-18(15)16(3,4)14-9-7-6-8-10-14/h6-10,13,15,17H,5,11-12H2,1-4H3. The van der Waals surface area contributed by atoms with E-state index in [1.165, 1.54) is 12.0 Å². The van der Waals surface area contributed by atoms with Crippen LogP contribution in [0.4, 0.5) is 0 Å². The number of nitrogens with zero attached hydrogens (tertiary/aromatic N) is 1. The third-order valence-electron chi connectivity index (χ3n) is 4.28. The molecular formula is C16H26N2. The van der Waals surface area contributed by atoms with Gasteiger partial charge >= 0.3 is 0 Å². The molecule has 0 spiro atoms. The number of hydrogen-bond acceptors (Lipinski definition) is 2. The Labute approximate surface area is 111 Å². The molecule has 2 atom stereocenters. The summed E-state index contributed by atoms with van der Waals surface area (Å²) in [6.07, 6.45) is 1.20. The molecule has 2 unspecified atom stereocenters. The van der Waals surface area contributed by atoms with Crippen LogP contribution >= 0.6 is 0 Å². The van der Waals surface area contributed by atoms with Crippen LogP contribution in [0.5, 0.6) is 0 Å². The van der Waals surface area contributed by atoms with Crippen molar-refractivity contribution < 1.29 is 0 Å². The predicted octanol–water partition coefficient (Wildman–Crippen LogP) is 2.99. The molecule has 1 aliphatic heterocycles. The number of nitrogens with one attached hydrogen (secondary N) is 1. The molecule has 2 heteroatoms. The summed E-state index contributed by atoms with van der Waals surface area (Å²) in [5, 5.41) is 3.59. The van der Waals surface area contributed by atoms with Crippen molar-refractivity contribution in [3.8, 4) is 0 Å². The van der Waals surface area contributed by atoms with Crippen LogP contribution < -0.4 is 5.32 Å². The quantitative estimate of drug-likeness (QED) is 0.882. The molecule has 0 radical (unpaired) electrons. The maximum absolute atomic E-state index is 3.59. The second-order valence-corrected chi connectivity index (χ2v) is 5.95. The number of benzene rings is 1. The van der Waals surface area contributed by atoms with E-state index < -0.39 is 0 Å². The molecule has 1 N–H and O–H groups in total. The largest absolute Gasteiger partial charge is 0.311 e. The summed E-state index contributed by atoms with van der Waals surface area (Å²) in [4.78, 5) is 2.67. The van der Waals surface area contributed by atoms with Gasteiger partial charge in [0.1, 0.15) is 0 Å². The van der Waals surface area contributed by atoms with Crippen LogP contribution in [0.15, 0.2) is 30.3 Å². The lowest BCUT2D eigenvalue weighted by molar-refractivity contribution is 0.0293. The minimum absolute atomic E-state index is 0.109. The van der Waals surface area contributed by atoms with Crippen molar-refractivity contribution in [1.29, 1.82) is 0 Å². The molecule has 0 aromatic heterocycles. The van der Waals surface area contributed by atoms with Gasteiger partial charge < -0.3 is 5.32 Å². The maximum Gasteiger partial charge on any atom is 0.0408 e. The molecule has 0 aliphatic carbocycles. The van der Waals surface area contributed by atoms with Crippen molar-refractivity contribution in [2.24, 2.45) is 0 Å². The molecule has 0 amide bonds. The normalized spacial score (nSPS) is 26.2. The van der Waals surface area contributed by atoms with E-state index in [1.54, 1.807) is 0 Å². The zero-order chi connectivity index (χ0) is 13.2. The molecule has 0 saturated carbocycles. The Bertz CT molecular complexity index is 372. The Morgan fingerprint density at radius 3 is 2.56 bits per heavy atom. The first kappa shape index (κ1) is 13.6. The summed E-state index contributed by atoms with van der Waals surface area (Å²) in [7, 11) is 0. The van der Waals surface area contributed by atoms with Crippen LogP contribution in [0.25, 0.3) is 0 Å². The molecule has 1 saturated heterocycles. The summed E-state index contributed by atoms with van der Waals surface area (Å²) < 4.78 is 0. The van der Waals surface area contributed by atoms with Crippen LogP contribution in [-0.4, -0.2) is 30.1 Å². The summed E-state index contributed by atoms with van der Waals surface area (Å²) in [6.45, 7) is 11.5. The van der Waals surface area contributed by atoms with E-state index in [0.29, 0.717) is 12.1 Å². The monoisotopic (exact) mass is 246 g/mol. The third kappa shape index (κ3) is 2.60. The van der Waals surface area contributed by atoms with Gasteiger partial charge in [0.15, 0.2) is 0 Å². The first-order valence-corrected chi connectivity index (χ1v) is 7.11. The van der Waals surface area contributed by atoms with Crippen LogP contribution in [0.2, 0.25) is 0 Å². The van der Waals surface area contributed by atoms with E-state index in [0.717, 1.165) is 13.1 Å². The molecule has 1 fully saturated rings. The molecule has 1 aromatic carbocycles. The zero-order valence-electron chi connectivity index (χ0n) is 12.1. The molecule has 100 valence electrons. The molecule has 18 heavy (non-hydrogen) atoms. The van der Waals surface area contributed by atoms with Crippen LogP contribution in [-0.2, 0) is 5.54 Å². The SMILES string of the molecule is CCC1CNC(C)CN1C(C)(C)c1ccccc1. The van der Waals surface area contributed by atoms with Gasteiger partial charge in [0.2, 0.25) is 0 Å². The van der Waals surface area contributed by atoms with Gasteiger partial charge in [-0.05, 0) is 32.8 Å². The summed E-state index contributed by atoms with van der Waals surface area (Å²) in [6, 6.07) is 12.1. The average Bonchev–Trinajstić information content (AvgIpc) is 2.39. The molecule has 1 aliphatic rings. The second kappa shape index (κ2) is 5.41. The van der Waals surface area contributed by atoms with Gasteiger partial charge in [0.05, 0.1) is 0 Å². The van der Waals surface area contributed by atoms with Crippen molar-refractivity contribution in [3.05, 3.63) is 35.9 Å². The maximum atomic E-state index is 3.59. The highest BCUT2D eigenvalue weighted by Gasteiger charge is 2.36. The van der Waals surface area contributed by atoms with Gasteiger partial charge in [0, 0.05) is 30.7 Å². The fourth-order valence-corrected chi connectivity index (χ4v) is 3.02. The number of piperazine rings is 1. The fourth-order valence-electron chi connectivity index (χ4n) is 3.02. The summed E-state index contributed by atoms with van der Waals surface area (Å²) >= 11 is 0. The molecule has 1 aromatic rings. The average molecular weight is 246 g/mol. The molecular weight excluding hydrogens is 220 g/mol. The minimum Gasteiger partial charge on any atom is -0.311 e. The highest BCUT2D eigenvalue weighted by atomic mass is 15.3. The molecule has 2 nitrogen and oxygen atoms in total. The third-order valence-corrected chi connectivity index (χ3v) is 4.28. The van der Waals surface area contributed by atoms with Crippen molar-refractivity contribution in [1.82, 2.24) is 10.2 Å². The van der Waals surface area contributed by atoms with Gasteiger partial charge in [-0.1, -0.05) is 37.3 Å². The van der Waals surface area contributed by atoms with Crippen LogP contribution in [0.3, 0.4) is 0 Å². The molecule has 0 bridgehead atoms. The Morgan fingerprint density at radius 2 is 1.94 bits per heavy atom. The first-order chi connectivity index (χ1) is 8.55. The predicted molar refractivity (Wildman–Crippen MR) is 77.7 cm³/mol. The summed E-state index contributed by atoms with van der Waals surface area (Å²) in [5.74, 6) is 0. The fraction of sp³-hybridized carbons (Fsp3) is 0.625. The Morgan fingerprint density at radius 1 is 1.28 bits per heavy atom. The van der Waals surface area contributed by atoms with Gasteiger partial charge in [-0.3, -0.25) is 4.90 Å². The Kier molecular flexibility index (Phi) is 4.08. The lowest BCUT2D eigenvalue weighted by Crippen LogP contribution is -2.60. The van der Waals surface area contributed by atoms with E-state index in [-0.39, 0.29) is 5.54 Å². The van der Waals surface area contributed by atoms with E-state index in [9.17, 15) is 0 Å². The lowest BCUT2D eigenvalue weighted by Gasteiger charge is -2.48. The highest BCUT2D eigenvalue weighted by Crippen LogP contribution is 2.31. The lowest BCUT2D eigenvalue weighted by atomic mass is 9.88. The smallest absolute Gasteiger partial charge is 0.0408 e. The van der Waals surface area contributed by atoms with Crippen molar-refractivity contribution in [2.75, 3.05) is 13.1 Å². The minimum atomic E-state index is 0.109. The summed E-state index contributed by atoms with van der Waals surface area (Å²) in [5.41, 5.74) is 1.52. The van der Waals surface area contributed by atoms with E-state index in [4.69, 9.17) is 0 Å². The van der Waals surface area contributed by atoms with Gasteiger partial charge in [-0.15, -0.1) is 0 Å². The van der Waals surface area contributed by atoms with E-state index in [1.807, 2.05) is 0 Å². The number of rotatable bonds is 3. The van der Waals surface area contributed by atoms with Crippen molar-refractivity contribution >= 4 is 0 Å².